The standard InChI is InChI=1S/C19H14F4N4O/c1-11(9-27-10-25-16-6-13(20)3-5-17(16)27)18(28)26-14-4-2-12(8-24)15(7-14)19(21,22)23/h2-7,10-11H,9H2,1H3,(H,26,28)/t11-/m1/s1. The van der Waals surface area contributed by atoms with Crippen molar-refractivity contribution >= 4 is 22.6 Å². The Labute approximate surface area is 157 Å². The lowest BCUT2D eigenvalue weighted by atomic mass is 10.1. The molecule has 0 bridgehead atoms. The number of anilines is 1. The molecule has 3 aromatic rings. The smallest absolute Gasteiger partial charge is 0.330 e. The fourth-order valence-corrected chi connectivity index (χ4v) is 2.78. The van der Waals surface area contributed by atoms with Crippen molar-refractivity contribution in [1.29, 1.82) is 5.26 Å². The van der Waals surface area contributed by atoms with Crippen molar-refractivity contribution in [3.05, 3.63) is 59.7 Å². The van der Waals surface area contributed by atoms with Crippen molar-refractivity contribution in [1.82, 2.24) is 9.55 Å². The van der Waals surface area contributed by atoms with Gasteiger partial charge in [-0.3, -0.25) is 4.79 Å². The fraction of sp³-hybridized carbons (Fsp3) is 0.211. The number of fused-ring (bicyclic) bond motifs is 1. The molecule has 0 fully saturated rings. The molecule has 1 atom stereocenters. The van der Waals surface area contributed by atoms with Gasteiger partial charge in [0.05, 0.1) is 40.5 Å². The first-order valence-corrected chi connectivity index (χ1v) is 8.21. The molecule has 1 amide bonds. The van der Waals surface area contributed by atoms with Crippen molar-refractivity contribution in [2.24, 2.45) is 5.92 Å². The largest absolute Gasteiger partial charge is 0.417 e. The monoisotopic (exact) mass is 390 g/mol. The number of aromatic nitrogens is 2. The first-order valence-electron chi connectivity index (χ1n) is 8.21. The van der Waals surface area contributed by atoms with Crippen molar-refractivity contribution in [2.75, 3.05) is 5.32 Å². The zero-order valence-electron chi connectivity index (χ0n) is 14.6. The Balaban J connectivity index is 1.76. The maximum absolute atomic E-state index is 13.2. The van der Waals surface area contributed by atoms with Crippen molar-refractivity contribution < 1.29 is 22.4 Å². The molecule has 1 aromatic heterocycles. The molecule has 0 saturated carbocycles. The minimum Gasteiger partial charge on any atom is -0.330 e. The molecule has 9 heteroatoms. The number of hydrogen-bond donors (Lipinski definition) is 1. The van der Waals surface area contributed by atoms with Gasteiger partial charge >= 0.3 is 6.18 Å². The number of nitrogens with one attached hydrogen (secondary N) is 1. The molecule has 28 heavy (non-hydrogen) atoms. The Bertz CT molecular complexity index is 1080. The number of nitrogens with zero attached hydrogens (tertiary/aromatic N) is 3. The highest BCUT2D eigenvalue weighted by Crippen LogP contribution is 2.33. The van der Waals surface area contributed by atoms with Crippen LogP contribution in [0.1, 0.15) is 18.1 Å². The third kappa shape index (κ3) is 3.96. The van der Waals surface area contributed by atoms with E-state index >= 15 is 0 Å². The molecule has 1 N–H and O–H groups in total. The SMILES string of the molecule is C[C@H](Cn1cnc2cc(F)ccc21)C(=O)Nc1ccc(C#N)c(C(F)(F)F)c1. The summed E-state index contributed by atoms with van der Waals surface area (Å²) >= 11 is 0. The highest BCUT2D eigenvalue weighted by molar-refractivity contribution is 5.92. The maximum Gasteiger partial charge on any atom is 0.417 e. The first kappa shape index (κ1) is 19.4. The van der Waals surface area contributed by atoms with Gasteiger partial charge in [-0.15, -0.1) is 0 Å². The molecule has 144 valence electrons. The molecule has 2 aromatic carbocycles. The van der Waals surface area contributed by atoms with Gasteiger partial charge in [-0.1, -0.05) is 6.92 Å². The van der Waals surface area contributed by atoms with E-state index < -0.39 is 34.9 Å². The third-order valence-electron chi connectivity index (χ3n) is 4.21. The maximum atomic E-state index is 13.2. The summed E-state index contributed by atoms with van der Waals surface area (Å²) in [6.45, 7) is 1.81. The van der Waals surface area contributed by atoms with E-state index in [1.165, 1.54) is 30.6 Å². The van der Waals surface area contributed by atoms with E-state index in [1.54, 1.807) is 17.6 Å². The lowest BCUT2D eigenvalue weighted by molar-refractivity contribution is -0.137. The molecule has 0 radical (unpaired) electrons. The number of imidazole rings is 1. The summed E-state index contributed by atoms with van der Waals surface area (Å²) in [5.74, 6) is -1.53. The zero-order chi connectivity index (χ0) is 20.5. The lowest BCUT2D eigenvalue weighted by Gasteiger charge is -2.15. The number of hydrogen-bond acceptors (Lipinski definition) is 3. The van der Waals surface area contributed by atoms with Gasteiger partial charge in [0.1, 0.15) is 5.82 Å². The summed E-state index contributed by atoms with van der Waals surface area (Å²) in [7, 11) is 0. The Hall–Kier alpha value is -3.41. The summed E-state index contributed by atoms with van der Waals surface area (Å²) in [6, 6.07) is 8.57. The van der Waals surface area contributed by atoms with Gasteiger partial charge in [0.2, 0.25) is 5.91 Å². The normalized spacial score (nSPS) is 12.6. The average molecular weight is 390 g/mol. The molecule has 0 aliphatic heterocycles. The second kappa shape index (κ2) is 7.31. The number of halogens is 4. The highest BCUT2D eigenvalue weighted by Gasteiger charge is 2.34. The van der Waals surface area contributed by atoms with Gasteiger partial charge in [-0.25, -0.2) is 9.37 Å². The Kier molecular flexibility index (Phi) is 5.05. The molecule has 0 unspecified atom stereocenters. The molecule has 1 heterocycles. The summed E-state index contributed by atoms with van der Waals surface area (Å²) < 4.78 is 54.0. The second-order valence-corrected chi connectivity index (χ2v) is 6.29. The molecule has 0 spiro atoms. The molecule has 3 rings (SSSR count). The topological polar surface area (TPSA) is 70.7 Å². The number of amides is 1. The third-order valence-corrected chi connectivity index (χ3v) is 4.21. The number of carbonyl (C=O) groups is 1. The van der Waals surface area contributed by atoms with Crippen LogP contribution >= 0.6 is 0 Å². The second-order valence-electron chi connectivity index (χ2n) is 6.29. The van der Waals surface area contributed by atoms with Crippen LogP contribution in [0.25, 0.3) is 11.0 Å². The van der Waals surface area contributed by atoms with E-state index in [2.05, 4.69) is 10.3 Å². The summed E-state index contributed by atoms with van der Waals surface area (Å²) in [5.41, 5.74) is -0.604. The number of carbonyl (C=O) groups excluding carboxylic acids is 1. The summed E-state index contributed by atoms with van der Waals surface area (Å²) in [5, 5.41) is 11.3. The molecule has 5 nitrogen and oxygen atoms in total. The highest BCUT2D eigenvalue weighted by atomic mass is 19.4. The van der Waals surface area contributed by atoms with Crippen LogP contribution in [0.15, 0.2) is 42.7 Å². The van der Waals surface area contributed by atoms with Crippen LogP contribution in [0.2, 0.25) is 0 Å². The number of nitriles is 1. The van der Waals surface area contributed by atoms with E-state index in [-0.39, 0.29) is 12.2 Å². The van der Waals surface area contributed by atoms with Crippen molar-refractivity contribution in [3.63, 3.8) is 0 Å². The first-order chi connectivity index (χ1) is 13.2. The van der Waals surface area contributed by atoms with Gasteiger partial charge in [0, 0.05) is 18.3 Å². The van der Waals surface area contributed by atoms with E-state index in [1.807, 2.05) is 0 Å². The van der Waals surface area contributed by atoms with E-state index in [0.717, 1.165) is 12.1 Å². The van der Waals surface area contributed by atoms with Crippen LogP contribution in [0.3, 0.4) is 0 Å². The van der Waals surface area contributed by atoms with Crippen molar-refractivity contribution in [2.45, 2.75) is 19.6 Å². The predicted molar refractivity (Wildman–Crippen MR) is 93.6 cm³/mol. The van der Waals surface area contributed by atoms with E-state index in [4.69, 9.17) is 5.26 Å². The van der Waals surface area contributed by atoms with Gasteiger partial charge in [-0.05, 0) is 30.3 Å². The van der Waals surface area contributed by atoms with Gasteiger partial charge in [0.25, 0.3) is 0 Å². The van der Waals surface area contributed by atoms with E-state index in [0.29, 0.717) is 11.0 Å². The number of rotatable bonds is 4. The van der Waals surface area contributed by atoms with Gasteiger partial charge < -0.3 is 9.88 Å². The average Bonchev–Trinajstić information content (AvgIpc) is 3.02. The molecule has 0 saturated heterocycles. The number of benzene rings is 2. The van der Waals surface area contributed by atoms with Crippen LogP contribution in [0, 0.1) is 23.1 Å². The minimum absolute atomic E-state index is 0.0549. The summed E-state index contributed by atoms with van der Waals surface area (Å²) in [6.07, 6.45) is -3.24. The van der Waals surface area contributed by atoms with Crippen LogP contribution < -0.4 is 5.32 Å². The Morgan fingerprint density at radius 2 is 2.04 bits per heavy atom. The molecular weight excluding hydrogens is 376 g/mol. The molecular formula is C19H14F4N4O. The quantitative estimate of drug-likeness (QED) is 0.674. The Morgan fingerprint density at radius 1 is 1.29 bits per heavy atom. The Morgan fingerprint density at radius 3 is 2.71 bits per heavy atom. The predicted octanol–water partition coefficient (Wildman–Crippen LogP) is 4.34. The fourth-order valence-electron chi connectivity index (χ4n) is 2.78. The minimum atomic E-state index is -4.71. The summed E-state index contributed by atoms with van der Waals surface area (Å²) in [4.78, 5) is 16.5. The van der Waals surface area contributed by atoms with Crippen LogP contribution in [0.5, 0.6) is 0 Å². The molecule has 0 aliphatic carbocycles. The van der Waals surface area contributed by atoms with E-state index in [9.17, 15) is 22.4 Å². The lowest BCUT2D eigenvalue weighted by Crippen LogP contribution is -2.24. The zero-order valence-corrected chi connectivity index (χ0v) is 14.6. The van der Waals surface area contributed by atoms with Crippen molar-refractivity contribution in [3.8, 4) is 6.07 Å². The van der Waals surface area contributed by atoms with Crippen LogP contribution in [-0.4, -0.2) is 15.5 Å². The van der Waals surface area contributed by atoms with Crippen LogP contribution in [0.4, 0.5) is 23.2 Å². The van der Waals surface area contributed by atoms with Crippen LogP contribution in [-0.2, 0) is 17.5 Å². The molecule has 0 aliphatic rings. The van der Waals surface area contributed by atoms with Gasteiger partial charge in [-0.2, -0.15) is 18.4 Å². The number of alkyl halides is 3. The van der Waals surface area contributed by atoms with Gasteiger partial charge in [0.15, 0.2) is 0 Å².